The third kappa shape index (κ3) is 7.82. The number of carbonyl (C=O) groups is 3. The second-order valence-corrected chi connectivity index (χ2v) is 8.22. The first-order valence-corrected chi connectivity index (χ1v) is 11.7. The number of rotatable bonds is 10. The van der Waals surface area contributed by atoms with Crippen LogP contribution in [0.3, 0.4) is 0 Å². The molecule has 10 nitrogen and oxygen atoms in total. The van der Waals surface area contributed by atoms with E-state index >= 15 is 0 Å². The van der Waals surface area contributed by atoms with Gasteiger partial charge in [0.25, 0.3) is 5.91 Å². The molecule has 198 valence electrons. The van der Waals surface area contributed by atoms with Crippen LogP contribution in [0.5, 0.6) is 17.2 Å². The van der Waals surface area contributed by atoms with Gasteiger partial charge in [-0.3, -0.25) is 14.4 Å². The fourth-order valence-electron chi connectivity index (χ4n) is 3.32. The van der Waals surface area contributed by atoms with Crippen molar-refractivity contribution in [2.75, 3.05) is 26.1 Å². The summed E-state index contributed by atoms with van der Waals surface area (Å²) in [6, 6.07) is 17.7. The third-order valence-electron chi connectivity index (χ3n) is 5.62. The Bertz CT molecular complexity index is 1320. The minimum atomic E-state index is -0.906. The van der Waals surface area contributed by atoms with Crippen LogP contribution in [0.25, 0.3) is 0 Å². The molecular formula is C28H30N4O6. The maximum atomic E-state index is 12.4. The molecule has 3 aromatic rings. The van der Waals surface area contributed by atoms with E-state index in [2.05, 4.69) is 21.2 Å². The molecule has 0 aliphatic carbocycles. The lowest BCUT2D eigenvalue weighted by molar-refractivity contribution is -0.139. The summed E-state index contributed by atoms with van der Waals surface area (Å²) in [5.74, 6) is -0.601. The Morgan fingerprint density at radius 3 is 2.37 bits per heavy atom. The first-order chi connectivity index (χ1) is 18.3. The lowest BCUT2D eigenvalue weighted by Crippen LogP contribution is -2.37. The fraction of sp³-hybridized carbons (Fsp3) is 0.214. The van der Waals surface area contributed by atoms with Gasteiger partial charge >= 0.3 is 11.8 Å². The van der Waals surface area contributed by atoms with Crippen molar-refractivity contribution in [3.63, 3.8) is 0 Å². The lowest BCUT2D eigenvalue weighted by atomic mass is 10.1. The van der Waals surface area contributed by atoms with Crippen LogP contribution < -0.4 is 30.3 Å². The number of methoxy groups -OCH3 is 2. The average molecular weight is 519 g/mol. The van der Waals surface area contributed by atoms with E-state index in [0.717, 1.165) is 22.4 Å². The normalized spacial score (nSPS) is 10.5. The number of hydrogen-bond donors (Lipinski definition) is 3. The van der Waals surface area contributed by atoms with Crippen LogP contribution in [-0.4, -0.2) is 44.8 Å². The monoisotopic (exact) mass is 518 g/mol. The van der Waals surface area contributed by atoms with Gasteiger partial charge < -0.3 is 24.8 Å². The zero-order valence-electron chi connectivity index (χ0n) is 21.7. The van der Waals surface area contributed by atoms with Crippen LogP contribution in [0.2, 0.25) is 0 Å². The van der Waals surface area contributed by atoms with Gasteiger partial charge in [0, 0.05) is 12.2 Å². The molecule has 0 heterocycles. The summed E-state index contributed by atoms with van der Waals surface area (Å²) in [4.78, 5) is 36.4. The van der Waals surface area contributed by atoms with Crippen LogP contribution in [0.15, 0.2) is 65.8 Å². The van der Waals surface area contributed by atoms with Crippen LogP contribution in [0.4, 0.5) is 5.69 Å². The molecule has 3 amide bonds. The van der Waals surface area contributed by atoms with Gasteiger partial charge in [0.05, 0.1) is 20.4 Å². The summed E-state index contributed by atoms with van der Waals surface area (Å²) in [6.45, 7) is 3.88. The predicted molar refractivity (Wildman–Crippen MR) is 144 cm³/mol. The molecule has 3 aromatic carbocycles. The van der Waals surface area contributed by atoms with Crippen LogP contribution >= 0.6 is 0 Å². The average Bonchev–Trinajstić information content (AvgIpc) is 2.93. The molecule has 0 aliphatic heterocycles. The Morgan fingerprint density at radius 2 is 1.66 bits per heavy atom. The van der Waals surface area contributed by atoms with Gasteiger partial charge in [-0.15, -0.1) is 0 Å². The maximum absolute atomic E-state index is 12.4. The maximum Gasteiger partial charge on any atom is 0.329 e. The number of hydrazone groups is 1. The third-order valence-corrected chi connectivity index (χ3v) is 5.62. The van der Waals surface area contributed by atoms with Gasteiger partial charge in [-0.1, -0.05) is 24.3 Å². The van der Waals surface area contributed by atoms with Crippen LogP contribution in [0.1, 0.15) is 22.3 Å². The molecule has 0 bridgehead atoms. The van der Waals surface area contributed by atoms with Crippen molar-refractivity contribution in [1.29, 1.82) is 0 Å². The number of hydrogen-bond acceptors (Lipinski definition) is 7. The van der Waals surface area contributed by atoms with Crippen LogP contribution in [0, 0.1) is 13.8 Å². The van der Waals surface area contributed by atoms with Crippen molar-refractivity contribution in [2.24, 2.45) is 5.10 Å². The number of ether oxygens (including phenoxy) is 3. The van der Waals surface area contributed by atoms with Gasteiger partial charge in [-0.2, -0.15) is 5.10 Å². The van der Waals surface area contributed by atoms with Crippen molar-refractivity contribution < 1.29 is 28.6 Å². The molecular weight excluding hydrogens is 488 g/mol. The van der Waals surface area contributed by atoms with Crippen LogP contribution in [-0.2, 0) is 20.9 Å². The minimum Gasteiger partial charge on any atom is -0.497 e. The number of nitrogens with zero attached hydrogens (tertiary/aromatic N) is 1. The number of carbonyl (C=O) groups excluding carboxylic acids is 3. The van der Waals surface area contributed by atoms with E-state index < -0.39 is 11.8 Å². The summed E-state index contributed by atoms with van der Waals surface area (Å²) >= 11 is 0. The second kappa shape index (κ2) is 13.4. The summed E-state index contributed by atoms with van der Waals surface area (Å²) < 4.78 is 16.1. The highest BCUT2D eigenvalue weighted by atomic mass is 16.5. The van der Waals surface area contributed by atoms with E-state index in [4.69, 9.17) is 14.2 Å². The molecule has 38 heavy (non-hydrogen) atoms. The number of benzene rings is 3. The van der Waals surface area contributed by atoms with E-state index in [0.29, 0.717) is 22.8 Å². The van der Waals surface area contributed by atoms with Crippen molar-refractivity contribution in [2.45, 2.75) is 20.4 Å². The molecule has 0 spiro atoms. The van der Waals surface area contributed by atoms with Gasteiger partial charge in [-0.05, 0) is 72.5 Å². The predicted octanol–water partition coefficient (Wildman–Crippen LogP) is 3.10. The molecule has 3 N–H and O–H groups in total. The first kappa shape index (κ1) is 27.7. The van der Waals surface area contributed by atoms with Gasteiger partial charge in [0.2, 0.25) is 0 Å². The van der Waals surface area contributed by atoms with Crippen molar-refractivity contribution in [3.05, 3.63) is 82.9 Å². The number of aryl methyl sites for hydroxylation is 1. The highest BCUT2D eigenvalue weighted by molar-refractivity contribution is 6.35. The summed E-state index contributed by atoms with van der Waals surface area (Å²) in [7, 11) is 3.03. The Kier molecular flexibility index (Phi) is 9.81. The SMILES string of the molecule is COc1ccc(CNC(=O)C(=O)N/N=C\c2ccc(OCC(=O)Nc3cccc(C)c3C)c(OC)c2)cc1. The number of nitrogens with one attached hydrogen (secondary N) is 3. The van der Waals surface area contributed by atoms with E-state index in [1.165, 1.54) is 13.3 Å². The van der Waals surface area contributed by atoms with Gasteiger partial charge in [0.1, 0.15) is 5.75 Å². The molecule has 0 aliphatic rings. The van der Waals surface area contributed by atoms with Gasteiger partial charge in [0.15, 0.2) is 18.1 Å². The standard InChI is InChI=1S/C28H30N4O6/c1-18-6-5-7-23(19(18)2)31-26(33)17-38-24-13-10-21(14-25(24)37-4)16-30-32-28(35)27(34)29-15-20-8-11-22(36-3)12-9-20/h5-14,16H,15,17H2,1-4H3,(H,29,34)(H,31,33)(H,32,35)/b30-16-. The highest BCUT2D eigenvalue weighted by Crippen LogP contribution is 2.27. The Balaban J connectivity index is 1.49. The summed E-state index contributed by atoms with van der Waals surface area (Å²) in [5, 5.41) is 9.18. The summed E-state index contributed by atoms with van der Waals surface area (Å²) in [6.07, 6.45) is 1.36. The molecule has 0 unspecified atom stereocenters. The second-order valence-electron chi connectivity index (χ2n) is 8.22. The highest BCUT2D eigenvalue weighted by Gasteiger charge is 2.13. The molecule has 0 aromatic heterocycles. The number of anilines is 1. The molecule has 10 heteroatoms. The minimum absolute atomic E-state index is 0.182. The van der Waals surface area contributed by atoms with E-state index in [9.17, 15) is 14.4 Å². The Morgan fingerprint density at radius 1 is 0.895 bits per heavy atom. The summed E-state index contributed by atoms with van der Waals surface area (Å²) in [5.41, 5.74) is 6.37. The molecule has 0 saturated heterocycles. The molecule has 0 saturated carbocycles. The topological polar surface area (TPSA) is 127 Å². The number of amides is 3. The largest absolute Gasteiger partial charge is 0.497 e. The lowest BCUT2D eigenvalue weighted by Gasteiger charge is -2.13. The Labute approximate surface area is 221 Å². The van der Waals surface area contributed by atoms with E-state index in [1.807, 2.05) is 32.0 Å². The van der Waals surface area contributed by atoms with Crippen molar-refractivity contribution >= 4 is 29.6 Å². The van der Waals surface area contributed by atoms with E-state index in [-0.39, 0.29) is 19.1 Å². The van der Waals surface area contributed by atoms with Gasteiger partial charge in [-0.25, -0.2) is 5.43 Å². The zero-order chi connectivity index (χ0) is 27.5. The quantitative estimate of drug-likeness (QED) is 0.215. The smallest absolute Gasteiger partial charge is 0.329 e. The molecule has 3 rings (SSSR count). The molecule has 0 fully saturated rings. The van der Waals surface area contributed by atoms with Crippen molar-refractivity contribution in [3.8, 4) is 17.2 Å². The fourth-order valence-corrected chi connectivity index (χ4v) is 3.32. The van der Waals surface area contributed by atoms with Crippen molar-refractivity contribution in [1.82, 2.24) is 10.7 Å². The molecule has 0 radical (unpaired) electrons. The Hall–Kier alpha value is -4.86. The first-order valence-electron chi connectivity index (χ1n) is 11.7. The zero-order valence-corrected chi connectivity index (χ0v) is 21.7. The molecule has 0 atom stereocenters. The van der Waals surface area contributed by atoms with E-state index in [1.54, 1.807) is 49.6 Å².